The second-order valence-electron chi connectivity index (χ2n) is 6.01. The topological polar surface area (TPSA) is 78.1 Å². The van der Waals surface area contributed by atoms with E-state index < -0.39 is 10.8 Å². The number of anilines is 1. The fraction of sp³-hybridized carbons (Fsp3) is 0.412. The number of nitrogens with zero attached hydrogens (tertiary/aromatic N) is 2. The van der Waals surface area contributed by atoms with Crippen molar-refractivity contribution >= 4 is 16.6 Å². The Morgan fingerprint density at radius 3 is 2.88 bits per heavy atom. The van der Waals surface area contributed by atoms with Gasteiger partial charge in [0.1, 0.15) is 0 Å². The van der Waals surface area contributed by atoms with Gasteiger partial charge in [0.25, 0.3) is 5.56 Å². The van der Waals surface area contributed by atoms with Crippen LogP contribution in [0, 0.1) is 0 Å². The van der Waals surface area contributed by atoms with E-state index in [1.165, 1.54) is 0 Å². The second-order valence-corrected chi connectivity index (χ2v) is 7.39. The van der Waals surface area contributed by atoms with Gasteiger partial charge in [-0.15, -0.1) is 0 Å². The number of aromatic nitrogens is 2. The predicted octanol–water partition coefficient (Wildman–Crippen LogP) is 1.27. The lowest BCUT2D eigenvalue weighted by Crippen LogP contribution is -2.47. The lowest BCUT2D eigenvalue weighted by molar-refractivity contribution is 0.419. The van der Waals surface area contributed by atoms with Gasteiger partial charge < -0.3 is 15.2 Å². The van der Waals surface area contributed by atoms with Crippen LogP contribution in [0.25, 0.3) is 0 Å². The minimum Gasteiger partial charge on any atom is -0.350 e. The number of aromatic amines is 1. The zero-order valence-electron chi connectivity index (χ0n) is 13.7. The first kappa shape index (κ1) is 16.9. The summed E-state index contributed by atoms with van der Waals surface area (Å²) in [5.74, 6) is 0.499. The predicted molar refractivity (Wildman–Crippen MR) is 95.7 cm³/mol. The van der Waals surface area contributed by atoms with Crippen LogP contribution in [0.5, 0.6) is 0 Å². The highest BCUT2D eigenvalue weighted by Gasteiger charge is 2.22. The summed E-state index contributed by atoms with van der Waals surface area (Å²) in [4.78, 5) is 21.7. The number of benzene rings is 1. The number of piperidine rings is 1. The van der Waals surface area contributed by atoms with Gasteiger partial charge in [0.2, 0.25) is 0 Å². The van der Waals surface area contributed by atoms with Gasteiger partial charge in [-0.3, -0.25) is 9.00 Å². The molecule has 6 nitrogen and oxygen atoms in total. The number of hydrogen-bond donors (Lipinski definition) is 2. The van der Waals surface area contributed by atoms with Crippen LogP contribution in [-0.4, -0.2) is 39.6 Å². The van der Waals surface area contributed by atoms with E-state index >= 15 is 0 Å². The molecule has 2 atom stereocenters. The lowest BCUT2D eigenvalue weighted by atomic mass is 10.1. The Bertz CT molecular complexity index is 760. The smallest absolute Gasteiger partial charge is 0.290 e. The molecule has 2 heterocycles. The van der Waals surface area contributed by atoms with Crippen LogP contribution in [0.3, 0.4) is 0 Å². The highest BCUT2D eigenvalue weighted by Crippen LogP contribution is 2.15. The quantitative estimate of drug-likeness (QED) is 0.852. The molecular formula is C17H22N4O2S. The molecule has 1 aromatic carbocycles. The van der Waals surface area contributed by atoms with Crippen LogP contribution in [0.4, 0.5) is 5.82 Å². The van der Waals surface area contributed by atoms with Gasteiger partial charge in [0, 0.05) is 60.0 Å². The molecule has 1 fully saturated rings. The van der Waals surface area contributed by atoms with Crippen LogP contribution >= 0.6 is 0 Å². The van der Waals surface area contributed by atoms with E-state index in [4.69, 9.17) is 0 Å². The number of H-pyrrole nitrogens is 1. The number of nitrogens with one attached hydrogen (secondary N) is 2. The summed E-state index contributed by atoms with van der Waals surface area (Å²) in [6.07, 6.45) is 6.97. The van der Waals surface area contributed by atoms with Gasteiger partial charge in [-0.05, 0) is 30.5 Å². The van der Waals surface area contributed by atoms with Crippen molar-refractivity contribution in [2.24, 2.45) is 0 Å². The summed E-state index contributed by atoms with van der Waals surface area (Å²) in [5.41, 5.74) is 1.03. The SMILES string of the molecule is CS(=O)c1ccc(CNC2CCCN(c3ncc[nH]c3=O)C2)cc1. The van der Waals surface area contributed by atoms with E-state index in [0.29, 0.717) is 11.9 Å². The summed E-state index contributed by atoms with van der Waals surface area (Å²) in [7, 11) is -0.940. The van der Waals surface area contributed by atoms with Crippen molar-refractivity contribution < 1.29 is 4.21 Å². The van der Waals surface area contributed by atoms with E-state index in [9.17, 15) is 9.00 Å². The van der Waals surface area contributed by atoms with E-state index in [2.05, 4.69) is 15.3 Å². The highest BCUT2D eigenvalue weighted by molar-refractivity contribution is 7.84. The van der Waals surface area contributed by atoms with E-state index in [1.807, 2.05) is 29.2 Å². The summed E-state index contributed by atoms with van der Waals surface area (Å²) in [6.45, 7) is 2.39. The van der Waals surface area contributed by atoms with Gasteiger partial charge >= 0.3 is 0 Å². The average molecular weight is 346 g/mol. The molecule has 7 heteroatoms. The van der Waals surface area contributed by atoms with Gasteiger partial charge in [-0.2, -0.15) is 0 Å². The van der Waals surface area contributed by atoms with Gasteiger partial charge in [0.15, 0.2) is 5.82 Å². The third kappa shape index (κ3) is 4.10. The summed E-state index contributed by atoms with van der Waals surface area (Å²) >= 11 is 0. The molecule has 1 aromatic heterocycles. The van der Waals surface area contributed by atoms with Crippen molar-refractivity contribution in [2.75, 3.05) is 24.2 Å². The Kier molecular flexibility index (Phi) is 5.42. The summed E-state index contributed by atoms with van der Waals surface area (Å²) in [6, 6.07) is 8.16. The first-order valence-corrected chi connectivity index (χ1v) is 9.63. The number of hydrogen-bond acceptors (Lipinski definition) is 5. The maximum Gasteiger partial charge on any atom is 0.290 e. The minimum absolute atomic E-state index is 0.138. The molecule has 2 unspecified atom stereocenters. The molecule has 0 amide bonds. The summed E-state index contributed by atoms with van der Waals surface area (Å²) < 4.78 is 11.4. The Labute approximate surface area is 143 Å². The van der Waals surface area contributed by atoms with Crippen LogP contribution in [0.1, 0.15) is 18.4 Å². The molecule has 0 bridgehead atoms. The third-order valence-electron chi connectivity index (χ3n) is 4.26. The maximum absolute atomic E-state index is 11.9. The van der Waals surface area contributed by atoms with Gasteiger partial charge in [-0.25, -0.2) is 4.98 Å². The van der Waals surface area contributed by atoms with Crippen LogP contribution in [-0.2, 0) is 17.3 Å². The minimum atomic E-state index is -0.940. The molecule has 0 radical (unpaired) electrons. The first-order valence-electron chi connectivity index (χ1n) is 8.08. The Morgan fingerprint density at radius 1 is 1.38 bits per heavy atom. The molecule has 0 aliphatic carbocycles. The molecule has 2 aromatic rings. The number of rotatable bonds is 5. The molecule has 3 rings (SSSR count). The standard InChI is InChI=1S/C17H22N4O2S/c1-24(23)15-6-4-13(5-7-15)11-20-14-3-2-10-21(12-14)16-17(22)19-9-8-18-16/h4-9,14,20H,2-3,10-12H2,1H3,(H,19,22). The van der Waals surface area contributed by atoms with E-state index in [1.54, 1.807) is 18.6 Å². The third-order valence-corrected chi connectivity index (χ3v) is 5.20. The molecule has 0 saturated carbocycles. The highest BCUT2D eigenvalue weighted by atomic mass is 32.2. The Hall–Kier alpha value is -1.99. The molecule has 2 N–H and O–H groups in total. The second kappa shape index (κ2) is 7.72. The average Bonchev–Trinajstić information content (AvgIpc) is 2.61. The van der Waals surface area contributed by atoms with E-state index in [-0.39, 0.29) is 5.56 Å². The molecular weight excluding hydrogens is 324 g/mol. The van der Waals surface area contributed by atoms with Gasteiger partial charge in [0.05, 0.1) is 0 Å². The molecule has 24 heavy (non-hydrogen) atoms. The van der Waals surface area contributed by atoms with Crippen molar-refractivity contribution in [3.63, 3.8) is 0 Å². The summed E-state index contributed by atoms with van der Waals surface area (Å²) in [5, 5.41) is 3.55. The van der Waals surface area contributed by atoms with Crippen LogP contribution in [0.2, 0.25) is 0 Å². The molecule has 1 aliphatic heterocycles. The fourth-order valence-corrected chi connectivity index (χ4v) is 3.49. The van der Waals surface area contributed by atoms with Crippen molar-refractivity contribution in [3.05, 3.63) is 52.6 Å². The van der Waals surface area contributed by atoms with Crippen molar-refractivity contribution in [1.82, 2.24) is 15.3 Å². The monoisotopic (exact) mass is 346 g/mol. The zero-order valence-corrected chi connectivity index (χ0v) is 14.5. The van der Waals surface area contributed by atoms with Crippen molar-refractivity contribution in [3.8, 4) is 0 Å². The van der Waals surface area contributed by atoms with Crippen LogP contribution in [0.15, 0.2) is 46.3 Å². The Balaban J connectivity index is 1.58. The maximum atomic E-state index is 11.9. The van der Waals surface area contributed by atoms with E-state index in [0.717, 1.165) is 42.9 Å². The molecule has 0 spiro atoms. The largest absolute Gasteiger partial charge is 0.350 e. The normalized spacial score (nSPS) is 19.2. The first-order chi connectivity index (χ1) is 11.6. The van der Waals surface area contributed by atoms with Crippen molar-refractivity contribution in [2.45, 2.75) is 30.3 Å². The zero-order chi connectivity index (χ0) is 16.9. The Morgan fingerprint density at radius 2 is 2.17 bits per heavy atom. The molecule has 1 saturated heterocycles. The molecule has 1 aliphatic rings. The molecule has 128 valence electrons. The van der Waals surface area contributed by atoms with Crippen LogP contribution < -0.4 is 15.8 Å². The lowest BCUT2D eigenvalue weighted by Gasteiger charge is -2.33. The fourth-order valence-electron chi connectivity index (χ4n) is 2.97. The van der Waals surface area contributed by atoms with Crippen molar-refractivity contribution in [1.29, 1.82) is 0 Å². The van der Waals surface area contributed by atoms with Gasteiger partial charge in [-0.1, -0.05) is 12.1 Å².